The van der Waals surface area contributed by atoms with E-state index in [0.29, 0.717) is 13.0 Å². The number of aliphatic hydroxyl groups excluding tert-OH is 4. The summed E-state index contributed by atoms with van der Waals surface area (Å²) >= 11 is 0. The van der Waals surface area contributed by atoms with Crippen molar-refractivity contribution in [2.75, 3.05) is 26.4 Å². The van der Waals surface area contributed by atoms with Gasteiger partial charge < -0.3 is 39.4 Å². The summed E-state index contributed by atoms with van der Waals surface area (Å²) in [7, 11) is 0. The van der Waals surface area contributed by atoms with Crippen molar-refractivity contribution in [1.82, 2.24) is 0 Å². The Kier molecular flexibility index (Phi) is 51.5. The van der Waals surface area contributed by atoms with Crippen molar-refractivity contribution in [3.63, 3.8) is 0 Å². The van der Waals surface area contributed by atoms with Crippen LogP contribution in [0.5, 0.6) is 0 Å². The molecular weight excluding hydrogens is 901 g/mol. The Bertz CT molecular complexity index is 1210. The highest BCUT2D eigenvalue weighted by Crippen LogP contribution is 2.23. The second-order valence-corrected chi connectivity index (χ2v) is 21.5. The van der Waals surface area contributed by atoms with Gasteiger partial charge in [-0.2, -0.15) is 0 Å². The zero-order valence-electron chi connectivity index (χ0n) is 47.2. The molecule has 1 fully saturated rings. The van der Waals surface area contributed by atoms with E-state index in [0.717, 1.165) is 44.9 Å². The lowest BCUT2D eigenvalue weighted by atomic mass is 9.99. The zero-order valence-corrected chi connectivity index (χ0v) is 47.2. The van der Waals surface area contributed by atoms with Crippen molar-refractivity contribution >= 4 is 5.97 Å². The molecule has 0 aromatic heterocycles. The highest BCUT2D eigenvalue weighted by Gasteiger charge is 2.44. The summed E-state index contributed by atoms with van der Waals surface area (Å²) in [6.45, 7) is 4.61. The lowest BCUT2D eigenvalue weighted by Crippen LogP contribution is -2.59. The number of carbonyl (C=O) groups excluding carboxylic acids is 1. The fraction of sp³-hybridized carbons (Fsp3) is 0.889. The van der Waals surface area contributed by atoms with E-state index < -0.39 is 43.4 Å². The highest BCUT2D eigenvalue weighted by atomic mass is 16.7. The van der Waals surface area contributed by atoms with Crippen LogP contribution in [0.2, 0.25) is 0 Å². The number of rotatable bonds is 55. The van der Waals surface area contributed by atoms with Crippen LogP contribution in [0.1, 0.15) is 296 Å². The average Bonchev–Trinajstić information content (AvgIpc) is 3.38. The molecule has 1 rings (SSSR count). The third-order valence-corrected chi connectivity index (χ3v) is 14.6. The van der Waals surface area contributed by atoms with Gasteiger partial charge in [-0.25, -0.2) is 0 Å². The molecule has 72 heavy (non-hydrogen) atoms. The normalized spacial score (nSPS) is 18.9. The summed E-state index contributed by atoms with van der Waals surface area (Å²) < 4.78 is 23.0. The van der Waals surface area contributed by atoms with E-state index in [2.05, 4.69) is 50.3 Å². The Hall–Kier alpha value is -1.59. The van der Waals surface area contributed by atoms with Gasteiger partial charge in [-0.15, -0.1) is 0 Å². The van der Waals surface area contributed by atoms with Gasteiger partial charge in [0.15, 0.2) is 6.29 Å². The molecule has 0 spiro atoms. The summed E-state index contributed by atoms with van der Waals surface area (Å²) in [6, 6.07) is 0. The minimum Gasteiger partial charge on any atom is -0.457 e. The number of unbranched alkanes of at least 4 members (excludes halogenated alkanes) is 38. The number of carbonyl (C=O) groups is 1. The Morgan fingerprint density at radius 1 is 0.444 bits per heavy atom. The zero-order chi connectivity index (χ0) is 52.1. The monoisotopic (exact) mass is 1020 g/mol. The largest absolute Gasteiger partial charge is 0.457 e. The van der Waals surface area contributed by atoms with Crippen LogP contribution in [0.4, 0.5) is 0 Å². The number of aliphatic hydroxyl groups is 4. The number of esters is 1. The number of hydrogen-bond acceptors (Lipinski definition) is 9. The smallest absolute Gasteiger partial charge is 0.306 e. The molecule has 1 aliphatic rings. The first-order valence-corrected chi connectivity index (χ1v) is 31.1. The van der Waals surface area contributed by atoms with Crippen LogP contribution in [-0.2, 0) is 23.7 Å². The minimum atomic E-state index is -1.54. The van der Waals surface area contributed by atoms with Crippen molar-refractivity contribution in [3.05, 3.63) is 36.5 Å². The molecule has 424 valence electrons. The molecule has 9 heteroatoms. The predicted octanol–water partition coefficient (Wildman–Crippen LogP) is 16.6. The maximum Gasteiger partial charge on any atom is 0.306 e. The van der Waals surface area contributed by atoms with Crippen molar-refractivity contribution < 1.29 is 44.2 Å². The molecule has 0 aromatic rings. The van der Waals surface area contributed by atoms with Crippen molar-refractivity contribution in [2.24, 2.45) is 0 Å². The molecule has 1 aliphatic heterocycles. The van der Waals surface area contributed by atoms with Gasteiger partial charge in [0.1, 0.15) is 30.5 Å². The van der Waals surface area contributed by atoms with Gasteiger partial charge in [0, 0.05) is 13.0 Å². The quantitative estimate of drug-likeness (QED) is 0.0267. The third kappa shape index (κ3) is 43.6. The van der Waals surface area contributed by atoms with Crippen molar-refractivity contribution in [3.8, 4) is 0 Å². The van der Waals surface area contributed by atoms with E-state index in [4.69, 9.17) is 18.9 Å². The van der Waals surface area contributed by atoms with Gasteiger partial charge in [-0.05, 0) is 51.4 Å². The topological polar surface area (TPSA) is 135 Å². The van der Waals surface area contributed by atoms with E-state index in [9.17, 15) is 25.2 Å². The average molecular weight is 1020 g/mol. The maximum absolute atomic E-state index is 12.9. The molecule has 0 amide bonds. The number of ether oxygens (including phenoxy) is 4. The molecular formula is C63H118O9. The fourth-order valence-electron chi connectivity index (χ4n) is 9.74. The first-order chi connectivity index (χ1) is 35.4. The van der Waals surface area contributed by atoms with Gasteiger partial charge in [-0.1, -0.05) is 275 Å². The third-order valence-electron chi connectivity index (χ3n) is 14.6. The van der Waals surface area contributed by atoms with E-state index >= 15 is 0 Å². The fourth-order valence-corrected chi connectivity index (χ4v) is 9.74. The molecule has 0 saturated carbocycles. The maximum atomic E-state index is 12.9. The lowest BCUT2D eigenvalue weighted by Gasteiger charge is -2.39. The van der Waals surface area contributed by atoms with Crippen LogP contribution in [-0.4, -0.2) is 89.6 Å². The van der Waals surface area contributed by atoms with E-state index in [-0.39, 0.29) is 19.2 Å². The molecule has 0 aliphatic carbocycles. The van der Waals surface area contributed by atoms with Crippen LogP contribution < -0.4 is 0 Å². The minimum absolute atomic E-state index is 0.111. The SMILES string of the molecule is CCCCCCC/C=C\C/C=C\C/C=C\CCCCCCCCCCCCC(=O)OC(COCCCCCCCCCCCCCCCCCCCCCCCCCC)COC1OC(CO)C(O)C(O)C1O. The molecule has 6 unspecified atom stereocenters. The van der Waals surface area contributed by atoms with Crippen LogP contribution >= 0.6 is 0 Å². The number of hydrogen-bond donors (Lipinski definition) is 4. The second kappa shape index (κ2) is 54.2. The molecule has 0 radical (unpaired) electrons. The Morgan fingerprint density at radius 3 is 1.21 bits per heavy atom. The van der Waals surface area contributed by atoms with Gasteiger partial charge in [0.2, 0.25) is 0 Å². The molecule has 0 bridgehead atoms. The van der Waals surface area contributed by atoms with Gasteiger partial charge in [-0.3, -0.25) is 4.79 Å². The van der Waals surface area contributed by atoms with Crippen molar-refractivity contribution in [2.45, 2.75) is 333 Å². The predicted molar refractivity (Wildman–Crippen MR) is 302 cm³/mol. The molecule has 0 aromatic carbocycles. The summed E-state index contributed by atoms with van der Waals surface area (Å²) in [4.78, 5) is 12.9. The molecule has 1 saturated heterocycles. The molecule has 4 N–H and O–H groups in total. The first-order valence-electron chi connectivity index (χ1n) is 31.1. The summed E-state index contributed by atoms with van der Waals surface area (Å²) in [5.74, 6) is -0.311. The van der Waals surface area contributed by atoms with E-state index in [1.54, 1.807) is 0 Å². The van der Waals surface area contributed by atoms with Crippen LogP contribution in [0.3, 0.4) is 0 Å². The Morgan fingerprint density at radius 2 is 0.806 bits per heavy atom. The van der Waals surface area contributed by atoms with Crippen LogP contribution in [0.25, 0.3) is 0 Å². The molecule has 1 heterocycles. The van der Waals surface area contributed by atoms with Gasteiger partial charge in [0.25, 0.3) is 0 Å². The molecule has 6 atom stereocenters. The van der Waals surface area contributed by atoms with Crippen LogP contribution in [0, 0.1) is 0 Å². The highest BCUT2D eigenvalue weighted by molar-refractivity contribution is 5.69. The van der Waals surface area contributed by atoms with Gasteiger partial charge >= 0.3 is 5.97 Å². The van der Waals surface area contributed by atoms with E-state index in [1.807, 2.05) is 0 Å². The lowest BCUT2D eigenvalue weighted by molar-refractivity contribution is -0.305. The summed E-state index contributed by atoms with van der Waals surface area (Å²) in [5, 5.41) is 40.4. The van der Waals surface area contributed by atoms with Gasteiger partial charge in [0.05, 0.1) is 19.8 Å². The van der Waals surface area contributed by atoms with E-state index in [1.165, 1.54) is 231 Å². The first kappa shape index (κ1) is 68.4. The second-order valence-electron chi connectivity index (χ2n) is 21.5. The summed E-state index contributed by atoms with van der Waals surface area (Å²) in [6.07, 6.45) is 62.0. The number of allylic oxidation sites excluding steroid dienone is 6. The Labute approximate surface area is 444 Å². The summed E-state index contributed by atoms with van der Waals surface area (Å²) in [5.41, 5.74) is 0. The molecule has 9 nitrogen and oxygen atoms in total. The van der Waals surface area contributed by atoms with Crippen molar-refractivity contribution in [1.29, 1.82) is 0 Å². The standard InChI is InChI=1S/C63H118O9/c1-3-5-7-9-11-13-15-17-19-21-23-25-27-29-30-32-34-36-38-40-42-44-46-48-50-52-59(65)71-57(56-70-63-62(68)61(67)60(66)58(54-64)72-63)55-69-53-51-49-47-45-43-41-39-37-35-33-31-28-26-24-22-20-18-16-14-12-10-8-6-4-2/h15,17,21,23,27,29,57-58,60-64,66-68H,3-14,16,18-20,22,24-26,28,30-56H2,1-2H3/b17-15-,23-21-,29-27-. The van der Waals surface area contributed by atoms with Crippen LogP contribution in [0.15, 0.2) is 36.5 Å². The Balaban J connectivity index is 2.12.